The number of nitrogens with one attached hydrogen (secondary N) is 1. The molecule has 4 heteroatoms. The first-order valence-electron chi connectivity index (χ1n) is 6.82. The van der Waals surface area contributed by atoms with Crippen molar-refractivity contribution in [2.75, 3.05) is 0 Å². The summed E-state index contributed by atoms with van der Waals surface area (Å²) in [6.45, 7) is 0. The summed E-state index contributed by atoms with van der Waals surface area (Å²) in [5, 5.41) is 1.87. The predicted molar refractivity (Wildman–Crippen MR) is 87.0 cm³/mol. The van der Waals surface area contributed by atoms with Crippen molar-refractivity contribution in [2.45, 2.75) is 12.5 Å². The molecular formula is C17H16ClN3. The van der Waals surface area contributed by atoms with E-state index in [-0.39, 0.29) is 6.04 Å². The van der Waals surface area contributed by atoms with Gasteiger partial charge >= 0.3 is 0 Å². The van der Waals surface area contributed by atoms with E-state index in [4.69, 9.17) is 17.4 Å². The average Bonchev–Trinajstić information content (AvgIpc) is 2.52. The number of hydrogen-bond donors (Lipinski definition) is 2. The molecule has 1 heterocycles. The summed E-state index contributed by atoms with van der Waals surface area (Å²) < 4.78 is 0. The quantitative estimate of drug-likeness (QED) is 0.571. The zero-order chi connectivity index (χ0) is 14.7. The lowest BCUT2D eigenvalue weighted by Crippen LogP contribution is -2.29. The van der Waals surface area contributed by atoms with Crippen LogP contribution in [0.25, 0.3) is 10.9 Å². The molecule has 21 heavy (non-hydrogen) atoms. The van der Waals surface area contributed by atoms with E-state index in [9.17, 15) is 0 Å². The highest BCUT2D eigenvalue weighted by molar-refractivity contribution is 6.30. The van der Waals surface area contributed by atoms with Gasteiger partial charge in [0.1, 0.15) is 0 Å². The van der Waals surface area contributed by atoms with Crippen LogP contribution in [0, 0.1) is 0 Å². The molecule has 1 unspecified atom stereocenters. The van der Waals surface area contributed by atoms with Crippen molar-refractivity contribution in [3.05, 3.63) is 76.9 Å². The maximum atomic E-state index is 6.07. The standard InChI is InChI=1S/C17H16ClN3/c18-14-5-3-4-13(10-14)17(21-19)11-12-8-9-20-16-7-2-1-6-15(12)16/h1-10,17,21H,11,19H2. The van der Waals surface area contributed by atoms with Gasteiger partial charge in [-0.3, -0.25) is 16.3 Å². The van der Waals surface area contributed by atoms with Crippen LogP contribution in [0.1, 0.15) is 17.2 Å². The lowest BCUT2D eigenvalue weighted by Gasteiger charge is -2.17. The largest absolute Gasteiger partial charge is 0.271 e. The highest BCUT2D eigenvalue weighted by Gasteiger charge is 2.13. The second-order valence-electron chi connectivity index (χ2n) is 4.97. The van der Waals surface area contributed by atoms with Crippen LogP contribution in [0.2, 0.25) is 5.02 Å². The van der Waals surface area contributed by atoms with Crippen molar-refractivity contribution >= 4 is 22.5 Å². The molecule has 3 nitrogen and oxygen atoms in total. The van der Waals surface area contributed by atoms with E-state index >= 15 is 0 Å². The Morgan fingerprint density at radius 1 is 1.10 bits per heavy atom. The topological polar surface area (TPSA) is 50.9 Å². The zero-order valence-corrected chi connectivity index (χ0v) is 12.2. The highest BCUT2D eigenvalue weighted by atomic mass is 35.5. The van der Waals surface area contributed by atoms with Crippen molar-refractivity contribution in [2.24, 2.45) is 5.84 Å². The van der Waals surface area contributed by atoms with Crippen molar-refractivity contribution in [1.82, 2.24) is 10.4 Å². The summed E-state index contributed by atoms with van der Waals surface area (Å²) in [4.78, 5) is 4.39. The van der Waals surface area contributed by atoms with Crippen LogP contribution in [0.15, 0.2) is 60.8 Å². The molecule has 0 radical (unpaired) electrons. The fourth-order valence-electron chi connectivity index (χ4n) is 2.55. The lowest BCUT2D eigenvalue weighted by molar-refractivity contribution is 0.553. The minimum absolute atomic E-state index is 0.00880. The maximum absolute atomic E-state index is 6.07. The lowest BCUT2D eigenvalue weighted by atomic mass is 9.97. The van der Waals surface area contributed by atoms with Gasteiger partial charge in [0.2, 0.25) is 0 Å². The highest BCUT2D eigenvalue weighted by Crippen LogP contribution is 2.24. The van der Waals surface area contributed by atoms with Crippen LogP contribution in [0.5, 0.6) is 0 Å². The third-order valence-electron chi connectivity index (χ3n) is 3.62. The molecule has 3 rings (SSSR count). The monoisotopic (exact) mass is 297 g/mol. The Bertz CT molecular complexity index is 752. The van der Waals surface area contributed by atoms with E-state index in [0.29, 0.717) is 5.02 Å². The first-order chi connectivity index (χ1) is 10.3. The second kappa shape index (κ2) is 6.22. The first-order valence-corrected chi connectivity index (χ1v) is 7.20. The van der Waals surface area contributed by atoms with E-state index in [1.54, 1.807) is 0 Å². The maximum Gasteiger partial charge on any atom is 0.0704 e. The number of benzene rings is 2. The Kier molecular flexibility index (Phi) is 4.15. The fourth-order valence-corrected chi connectivity index (χ4v) is 2.75. The number of rotatable bonds is 4. The fraction of sp³-hybridized carbons (Fsp3) is 0.118. The zero-order valence-electron chi connectivity index (χ0n) is 11.5. The molecule has 106 valence electrons. The molecule has 0 bridgehead atoms. The van der Waals surface area contributed by atoms with E-state index in [2.05, 4.69) is 16.5 Å². The average molecular weight is 298 g/mol. The van der Waals surface area contributed by atoms with Crippen LogP contribution in [-0.4, -0.2) is 4.98 Å². The number of halogens is 1. The van der Waals surface area contributed by atoms with Crippen LogP contribution < -0.4 is 11.3 Å². The number of para-hydroxylation sites is 1. The molecule has 3 aromatic rings. The van der Waals surface area contributed by atoms with Gasteiger partial charge in [-0.15, -0.1) is 0 Å². The van der Waals surface area contributed by atoms with Gasteiger partial charge < -0.3 is 0 Å². The van der Waals surface area contributed by atoms with E-state index < -0.39 is 0 Å². The van der Waals surface area contributed by atoms with Crippen molar-refractivity contribution in [3.63, 3.8) is 0 Å². The minimum atomic E-state index is 0.00880. The molecule has 0 saturated carbocycles. The first kappa shape index (κ1) is 14.0. The van der Waals surface area contributed by atoms with Crippen molar-refractivity contribution < 1.29 is 0 Å². The van der Waals surface area contributed by atoms with Gasteiger partial charge in [-0.25, -0.2) is 0 Å². The van der Waals surface area contributed by atoms with Crippen molar-refractivity contribution in [1.29, 1.82) is 0 Å². The van der Waals surface area contributed by atoms with Gasteiger partial charge in [0.25, 0.3) is 0 Å². The Labute approximate surface area is 128 Å². The van der Waals surface area contributed by atoms with Crippen LogP contribution >= 0.6 is 11.6 Å². The molecule has 1 atom stereocenters. The van der Waals surface area contributed by atoms with Gasteiger partial charge in [0, 0.05) is 16.6 Å². The Morgan fingerprint density at radius 3 is 2.76 bits per heavy atom. The molecule has 1 aromatic heterocycles. The van der Waals surface area contributed by atoms with Crippen LogP contribution in [0.4, 0.5) is 0 Å². The van der Waals surface area contributed by atoms with Crippen molar-refractivity contribution in [3.8, 4) is 0 Å². The molecule has 2 aromatic carbocycles. The third kappa shape index (κ3) is 3.05. The number of nitrogens with two attached hydrogens (primary N) is 1. The number of hydrogen-bond acceptors (Lipinski definition) is 3. The number of pyridine rings is 1. The Morgan fingerprint density at radius 2 is 1.95 bits per heavy atom. The summed E-state index contributed by atoms with van der Waals surface area (Å²) in [5.74, 6) is 5.74. The predicted octanol–water partition coefficient (Wildman–Crippen LogP) is 3.64. The SMILES string of the molecule is NNC(Cc1ccnc2ccccc12)c1cccc(Cl)c1. The van der Waals surface area contributed by atoms with Gasteiger partial charge in [-0.05, 0) is 41.8 Å². The normalized spacial score (nSPS) is 12.5. The Balaban J connectivity index is 1.96. The van der Waals surface area contributed by atoms with Gasteiger partial charge in [-0.2, -0.15) is 0 Å². The number of aromatic nitrogens is 1. The van der Waals surface area contributed by atoms with Gasteiger partial charge in [0.15, 0.2) is 0 Å². The molecule has 0 aliphatic carbocycles. The summed E-state index contributed by atoms with van der Waals surface area (Å²) >= 11 is 6.07. The minimum Gasteiger partial charge on any atom is -0.271 e. The van der Waals surface area contributed by atoms with E-state index in [1.807, 2.05) is 54.7 Å². The Hall–Kier alpha value is -1.94. The summed E-state index contributed by atoms with van der Waals surface area (Å²) in [6, 6.07) is 17.9. The summed E-state index contributed by atoms with van der Waals surface area (Å²) in [5.41, 5.74) is 6.16. The molecule has 3 N–H and O–H groups in total. The van der Waals surface area contributed by atoms with Gasteiger partial charge in [0.05, 0.1) is 11.6 Å². The number of hydrazine groups is 1. The third-order valence-corrected chi connectivity index (χ3v) is 3.85. The smallest absolute Gasteiger partial charge is 0.0704 e. The summed E-state index contributed by atoms with van der Waals surface area (Å²) in [7, 11) is 0. The molecule has 0 saturated heterocycles. The molecule has 0 aliphatic rings. The van der Waals surface area contributed by atoms with Crippen LogP contribution in [0.3, 0.4) is 0 Å². The molecule has 0 amide bonds. The molecular weight excluding hydrogens is 282 g/mol. The molecule has 0 aliphatic heterocycles. The summed E-state index contributed by atoms with van der Waals surface area (Å²) in [6.07, 6.45) is 2.61. The van der Waals surface area contributed by atoms with E-state index in [1.165, 1.54) is 5.56 Å². The van der Waals surface area contributed by atoms with E-state index in [0.717, 1.165) is 22.9 Å². The number of fused-ring (bicyclic) bond motifs is 1. The number of nitrogens with zero attached hydrogens (tertiary/aromatic N) is 1. The van der Waals surface area contributed by atoms with Crippen LogP contribution in [-0.2, 0) is 6.42 Å². The van der Waals surface area contributed by atoms with Gasteiger partial charge in [-0.1, -0.05) is 41.9 Å². The second-order valence-corrected chi connectivity index (χ2v) is 5.40. The molecule has 0 spiro atoms. The molecule has 0 fully saturated rings.